The van der Waals surface area contributed by atoms with Gasteiger partial charge in [0.15, 0.2) is 0 Å². The highest BCUT2D eigenvalue weighted by molar-refractivity contribution is 5.75. The minimum absolute atomic E-state index is 0.218. The van der Waals surface area contributed by atoms with Gasteiger partial charge in [-0.2, -0.15) is 0 Å². The first-order valence-corrected chi connectivity index (χ1v) is 5.28. The van der Waals surface area contributed by atoms with Gasteiger partial charge in [-0.25, -0.2) is 0 Å². The molecule has 0 aromatic heterocycles. The van der Waals surface area contributed by atoms with E-state index >= 15 is 0 Å². The van der Waals surface area contributed by atoms with Crippen molar-refractivity contribution in [1.82, 2.24) is 10.2 Å². The quantitative estimate of drug-likeness (QED) is 0.472. The highest BCUT2D eigenvalue weighted by Gasteiger charge is 2.06. The zero-order chi connectivity index (χ0) is 10.8. The molecule has 3 nitrogen and oxygen atoms in total. The van der Waals surface area contributed by atoms with Crippen LogP contribution in [0.15, 0.2) is 12.7 Å². The monoisotopic (exact) mass is 198 g/mol. The van der Waals surface area contributed by atoms with Crippen LogP contribution in [-0.4, -0.2) is 37.5 Å². The number of allylic oxidation sites excluding steroid dienone is 1. The van der Waals surface area contributed by atoms with E-state index < -0.39 is 0 Å². The second kappa shape index (κ2) is 8.75. The van der Waals surface area contributed by atoms with E-state index in [-0.39, 0.29) is 5.91 Å². The number of hydrogen-bond acceptors (Lipinski definition) is 2. The third-order valence-corrected chi connectivity index (χ3v) is 2.09. The van der Waals surface area contributed by atoms with Gasteiger partial charge in [-0.05, 0) is 19.4 Å². The summed E-state index contributed by atoms with van der Waals surface area (Å²) in [5.41, 5.74) is 0. The Labute approximate surface area is 87.2 Å². The Kier molecular flexibility index (Phi) is 8.24. The van der Waals surface area contributed by atoms with Crippen LogP contribution in [-0.2, 0) is 4.79 Å². The van der Waals surface area contributed by atoms with Crippen molar-refractivity contribution in [3.05, 3.63) is 12.7 Å². The van der Waals surface area contributed by atoms with Gasteiger partial charge in [-0.3, -0.25) is 4.79 Å². The first-order valence-electron chi connectivity index (χ1n) is 5.28. The Morgan fingerprint density at radius 3 is 2.86 bits per heavy atom. The number of nitrogens with zero attached hydrogens (tertiary/aromatic N) is 1. The Balaban J connectivity index is 3.49. The number of carbonyl (C=O) groups excluding carboxylic acids is 1. The normalized spacial score (nSPS) is 9.86. The highest BCUT2D eigenvalue weighted by Crippen LogP contribution is 1.95. The number of hydrogen-bond donors (Lipinski definition) is 1. The lowest BCUT2D eigenvalue weighted by molar-refractivity contribution is -0.129. The van der Waals surface area contributed by atoms with Crippen molar-refractivity contribution in [2.24, 2.45) is 0 Å². The summed E-state index contributed by atoms with van der Waals surface area (Å²) in [4.78, 5) is 13.3. The fourth-order valence-electron chi connectivity index (χ4n) is 1.16. The summed E-state index contributed by atoms with van der Waals surface area (Å²) in [7, 11) is 1.86. The van der Waals surface area contributed by atoms with Gasteiger partial charge >= 0.3 is 0 Å². The third kappa shape index (κ3) is 6.66. The lowest BCUT2D eigenvalue weighted by atomic mass is 10.3. The van der Waals surface area contributed by atoms with Crippen molar-refractivity contribution in [2.45, 2.75) is 26.2 Å². The van der Waals surface area contributed by atoms with Gasteiger partial charge in [0.1, 0.15) is 0 Å². The fraction of sp³-hybridized carbons (Fsp3) is 0.727. The number of carbonyl (C=O) groups is 1. The molecule has 82 valence electrons. The highest BCUT2D eigenvalue weighted by atomic mass is 16.2. The molecule has 0 saturated carbocycles. The lowest BCUT2D eigenvalue weighted by Gasteiger charge is -2.16. The SMILES string of the molecule is C=CCCCN(C)C(=O)CCNCC. The molecular weight excluding hydrogens is 176 g/mol. The summed E-state index contributed by atoms with van der Waals surface area (Å²) >= 11 is 0. The molecule has 0 spiro atoms. The Morgan fingerprint density at radius 1 is 1.57 bits per heavy atom. The number of unbranched alkanes of at least 4 members (excludes halogenated alkanes) is 1. The topological polar surface area (TPSA) is 32.3 Å². The van der Waals surface area contributed by atoms with Crippen LogP contribution in [0.2, 0.25) is 0 Å². The molecule has 0 aliphatic carbocycles. The molecule has 0 fully saturated rings. The standard InChI is InChI=1S/C11H22N2O/c1-4-6-7-10-13(3)11(14)8-9-12-5-2/h4,12H,1,5-10H2,2-3H3. The van der Waals surface area contributed by atoms with Crippen molar-refractivity contribution < 1.29 is 4.79 Å². The first kappa shape index (κ1) is 13.2. The zero-order valence-electron chi connectivity index (χ0n) is 9.38. The fourth-order valence-corrected chi connectivity index (χ4v) is 1.16. The summed E-state index contributed by atoms with van der Waals surface area (Å²) in [6.07, 6.45) is 4.47. The Bertz CT molecular complexity index is 169. The van der Waals surface area contributed by atoms with E-state index in [1.165, 1.54) is 0 Å². The maximum absolute atomic E-state index is 11.5. The van der Waals surface area contributed by atoms with Crippen molar-refractivity contribution in [2.75, 3.05) is 26.7 Å². The van der Waals surface area contributed by atoms with Crippen molar-refractivity contribution in [1.29, 1.82) is 0 Å². The summed E-state index contributed by atoms with van der Waals surface area (Å²) in [5.74, 6) is 0.218. The Hall–Kier alpha value is -0.830. The Morgan fingerprint density at radius 2 is 2.29 bits per heavy atom. The summed E-state index contributed by atoms with van der Waals surface area (Å²) in [6, 6.07) is 0. The molecule has 0 saturated heterocycles. The molecule has 14 heavy (non-hydrogen) atoms. The predicted molar refractivity (Wildman–Crippen MR) is 60.2 cm³/mol. The molecule has 0 aliphatic heterocycles. The van der Waals surface area contributed by atoms with Crippen LogP contribution in [0.5, 0.6) is 0 Å². The second-order valence-corrected chi connectivity index (χ2v) is 3.35. The maximum Gasteiger partial charge on any atom is 0.223 e. The molecule has 0 radical (unpaired) electrons. The minimum atomic E-state index is 0.218. The van der Waals surface area contributed by atoms with Gasteiger partial charge in [0.05, 0.1) is 0 Å². The van der Waals surface area contributed by atoms with E-state index in [4.69, 9.17) is 0 Å². The van der Waals surface area contributed by atoms with Gasteiger partial charge in [0.25, 0.3) is 0 Å². The summed E-state index contributed by atoms with van der Waals surface area (Å²) in [6.45, 7) is 8.22. The molecule has 1 N–H and O–H groups in total. The first-order chi connectivity index (χ1) is 6.72. The molecule has 0 rings (SSSR count). The molecule has 0 heterocycles. The maximum atomic E-state index is 11.5. The lowest BCUT2D eigenvalue weighted by Crippen LogP contribution is -2.30. The summed E-state index contributed by atoms with van der Waals surface area (Å²) in [5, 5.41) is 3.14. The second-order valence-electron chi connectivity index (χ2n) is 3.35. The summed E-state index contributed by atoms with van der Waals surface area (Å²) < 4.78 is 0. The van der Waals surface area contributed by atoms with Gasteiger partial charge in [0, 0.05) is 26.6 Å². The average molecular weight is 198 g/mol. The van der Waals surface area contributed by atoms with Gasteiger partial charge < -0.3 is 10.2 Å². The third-order valence-electron chi connectivity index (χ3n) is 2.09. The molecule has 0 aliphatic rings. The van der Waals surface area contributed by atoms with Crippen LogP contribution in [0.1, 0.15) is 26.2 Å². The molecular formula is C11H22N2O. The largest absolute Gasteiger partial charge is 0.346 e. The van der Waals surface area contributed by atoms with Crippen LogP contribution in [0.4, 0.5) is 0 Å². The molecule has 0 unspecified atom stereocenters. The predicted octanol–water partition coefficient (Wildman–Crippen LogP) is 1.41. The van der Waals surface area contributed by atoms with Crippen LogP contribution < -0.4 is 5.32 Å². The van der Waals surface area contributed by atoms with E-state index in [0.29, 0.717) is 6.42 Å². The molecule has 0 bridgehead atoms. The molecule has 0 aromatic carbocycles. The van der Waals surface area contributed by atoms with Crippen LogP contribution in [0, 0.1) is 0 Å². The van der Waals surface area contributed by atoms with E-state index in [9.17, 15) is 4.79 Å². The van der Waals surface area contributed by atoms with Gasteiger partial charge in [-0.1, -0.05) is 13.0 Å². The molecule has 3 heteroatoms. The van der Waals surface area contributed by atoms with Gasteiger partial charge in [0.2, 0.25) is 5.91 Å². The van der Waals surface area contributed by atoms with Crippen molar-refractivity contribution in [3.8, 4) is 0 Å². The van der Waals surface area contributed by atoms with E-state index in [1.54, 1.807) is 4.90 Å². The van der Waals surface area contributed by atoms with Gasteiger partial charge in [-0.15, -0.1) is 6.58 Å². The van der Waals surface area contributed by atoms with Crippen molar-refractivity contribution >= 4 is 5.91 Å². The number of amides is 1. The van der Waals surface area contributed by atoms with E-state index in [1.807, 2.05) is 20.0 Å². The smallest absolute Gasteiger partial charge is 0.223 e. The van der Waals surface area contributed by atoms with E-state index in [0.717, 1.165) is 32.5 Å². The van der Waals surface area contributed by atoms with Crippen LogP contribution in [0.25, 0.3) is 0 Å². The van der Waals surface area contributed by atoms with E-state index in [2.05, 4.69) is 11.9 Å². The van der Waals surface area contributed by atoms with Crippen LogP contribution >= 0.6 is 0 Å². The number of rotatable bonds is 8. The molecule has 1 amide bonds. The zero-order valence-corrected chi connectivity index (χ0v) is 9.38. The number of nitrogens with one attached hydrogen (secondary N) is 1. The average Bonchev–Trinajstić information content (AvgIpc) is 2.18. The van der Waals surface area contributed by atoms with Crippen LogP contribution in [0.3, 0.4) is 0 Å². The minimum Gasteiger partial charge on any atom is -0.346 e. The molecule has 0 atom stereocenters. The molecule has 0 aromatic rings. The van der Waals surface area contributed by atoms with Crippen molar-refractivity contribution in [3.63, 3.8) is 0 Å².